The summed E-state index contributed by atoms with van der Waals surface area (Å²) in [6.45, 7) is 1.36. The standard InChI is InChI=1S/C11H19F3O3/c1-9-10(7-15,4-6-17-9)3-2-5-16-8-11(12,13)14/h9,15H,2-8H2,1H3. The first kappa shape index (κ1) is 14.7. The second kappa shape index (κ2) is 6.02. The normalized spacial score (nSPS) is 29.8. The van der Waals surface area contributed by atoms with Crippen molar-refractivity contribution in [2.24, 2.45) is 5.41 Å². The molecule has 0 bridgehead atoms. The fourth-order valence-electron chi connectivity index (χ4n) is 2.15. The summed E-state index contributed by atoms with van der Waals surface area (Å²) in [5.41, 5.74) is -0.304. The quantitative estimate of drug-likeness (QED) is 0.740. The Morgan fingerprint density at radius 3 is 2.65 bits per heavy atom. The molecule has 0 aromatic heterocycles. The lowest BCUT2D eigenvalue weighted by Gasteiger charge is -2.29. The highest BCUT2D eigenvalue weighted by molar-refractivity contribution is 4.88. The molecule has 0 aromatic rings. The summed E-state index contributed by atoms with van der Waals surface area (Å²) in [7, 11) is 0. The third kappa shape index (κ3) is 4.44. The van der Waals surface area contributed by atoms with Crippen molar-refractivity contribution >= 4 is 0 Å². The highest BCUT2D eigenvalue weighted by Crippen LogP contribution is 2.38. The molecule has 0 saturated carbocycles. The summed E-state index contributed by atoms with van der Waals surface area (Å²) in [5, 5.41) is 9.37. The van der Waals surface area contributed by atoms with Crippen molar-refractivity contribution in [3.05, 3.63) is 0 Å². The Kier molecular flexibility index (Phi) is 5.22. The van der Waals surface area contributed by atoms with Gasteiger partial charge in [0.15, 0.2) is 0 Å². The van der Waals surface area contributed by atoms with Crippen LogP contribution in [-0.4, -0.2) is 43.8 Å². The summed E-state index contributed by atoms with van der Waals surface area (Å²) >= 11 is 0. The van der Waals surface area contributed by atoms with Gasteiger partial charge in [-0.25, -0.2) is 0 Å². The van der Waals surface area contributed by atoms with E-state index in [1.54, 1.807) is 0 Å². The van der Waals surface area contributed by atoms with Crippen LogP contribution < -0.4 is 0 Å². The minimum Gasteiger partial charge on any atom is -0.396 e. The molecule has 2 atom stereocenters. The molecule has 17 heavy (non-hydrogen) atoms. The number of hydrogen-bond donors (Lipinski definition) is 1. The summed E-state index contributed by atoms with van der Waals surface area (Å²) in [4.78, 5) is 0. The fourth-order valence-corrected chi connectivity index (χ4v) is 2.15. The minimum atomic E-state index is -4.27. The van der Waals surface area contributed by atoms with Gasteiger partial charge in [-0.3, -0.25) is 0 Å². The summed E-state index contributed by atoms with van der Waals surface area (Å²) < 4.78 is 45.3. The van der Waals surface area contributed by atoms with Crippen molar-refractivity contribution in [2.45, 2.75) is 38.5 Å². The molecule has 0 radical (unpaired) electrons. The largest absolute Gasteiger partial charge is 0.411 e. The van der Waals surface area contributed by atoms with Gasteiger partial charge in [0, 0.05) is 18.6 Å². The minimum absolute atomic E-state index is 0.00738. The first-order valence-corrected chi connectivity index (χ1v) is 5.77. The van der Waals surface area contributed by atoms with Crippen LogP contribution >= 0.6 is 0 Å². The zero-order valence-corrected chi connectivity index (χ0v) is 9.92. The Labute approximate surface area is 98.9 Å². The molecular weight excluding hydrogens is 237 g/mol. The van der Waals surface area contributed by atoms with Crippen LogP contribution in [0.5, 0.6) is 0 Å². The number of alkyl halides is 3. The fraction of sp³-hybridized carbons (Fsp3) is 1.00. The number of aliphatic hydroxyl groups excluding tert-OH is 1. The van der Waals surface area contributed by atoms with E-state index in [1.165, 1.54) is 0 Å². The van der Waals surface area contributed by atoms with Crippen LogP contribution in [0.2, 0.25) is 0 Å². The Morgan fingerprint density at radius 2 is 2.18 bits per heavy atom. The van der Waals surface area contributed by atoms with Gasteiger partial charge in [-0.05, 0) is 26.2 Å². The van der Waals surface area contributed by atoms with Gasteiger partial charge in [0.2, 0.25) is 0 Å². The molecule has 2 unspecified atom stereocenters. The number of rotatable bonds is 6. The maximum atomic E-state index is 11.8. The average molecular weight is 256 g/mol. The molecule has 1 aliphatic heterocycles. The predicted octanol–water partition coefficient (Wildman–Crippen LogP) is 2.13. The molecule has 102 valence electrons. The molecule has 6 heteroatoms. The molecule has 3 nitrogen and oxygen atoms in total. The van der Waals surface area contributed by atoms with E-state index in [-0.39, 0.29) is 24.7 Å². The van der Waals surface area contributed by atoms with Crippen LogP contribution in [0.15, 0.2) is 0 Å². The summed E-state index contributed by atoms with van der Waals surface area (Å²) in [6, 6.07) is 0. The maximum Gasteiger partial charge on any atom is 0.411 e. The molecule has 1 aliphatic rings. The van der Waals surface area contributed by atoms with Crippen LogP contribution in [0, 0.1) is 5.41 Å². The van der Waals surface area contributed by atoms with Gasteiger partial charge in [-0.1, -0.05) is 0 Å². The van der Waals surface area contributed by atoms with E-state index in [4.69, 9.17) is 4.74 Å². The van der Waals surface area contributed by atoms with E-state index in [2.05, 4.69) is 4.74 Å². The monoisotopic (exact) mass is 256 g/mol. The number of aliphatic hydroxyl groups is 1. The Morgan fingerprint density at radius 1 is 1.47 bits per heavy atom. The van der Waals surface area contributed by atoms with Gasteiger partial charge in [0.1, 0.15) is 6.61 Å². The van der Waals surface area contributed by atoms with Crippen molar-refractivity contribution in [1.82, 2.24) is 0 Å². The van der Waals surface area contributed by atoms with E-state index >= 15 is 0 Å². The molecule has 1 heterocycles. The van der Waals surface area contributed by atoms with Crippen LogP contribution in [0.1, 0.15) is 26.2 Å². The summed E-state index contributed by atoms with van der Waals surface area (Å²) in [5.74, 6) is 0. The maximum absolute atomic E-state index is 11.8. The predicted molar refractivity (Wildman–Crippen MR) is 55.7 cm³/mol. The highest BCUT2D eigenvalue weighted by Gasteiger charge is 2.40. The van der Waals surface area contributed by atoms with Crippen molar-refractivity contribution in [3.8, 4) is 0 Å². The molecule has 0 amide bonds. The molecule has 1 saturated heterocycles. The van der Waals surface area contributed by atoms with Crippen LogP contribution in [0.4, 0.5) is 13.2 Å². The van der Waals surface area contributed by atoms with Gasteiger partial charge in [0.05, 0.1) is 12.7 Å². The Bertz CT molecular complexity index is 232. The van der Waals surface area contributed by atoms with Gasteiger partial charge >= 0.3 is 6.18 Å². The van der Waals surface area contributed by atoms with Gasteiger partial charge < -0.3 is 14.6 Å². The van der Waals surface area contributed by atoms with Crippen LogP contribution in [0.25, 0.3) is 0 Å². The lowest BCUT2D eigenvalue weighted by Crippen LogP contribution is -2.33. The Hall–Kier alpha value is -0.330. The van der Waals surface area contributed by atoms with Gasteiger partial charge in [-0.15, -0.1) is 0 Å². The number of hydrogen-bond acceptors (Lipinski definition) is 3. The van der Waals surface area contributed by atoms with E-state index < -0.39 is 12.8 Å². The zero-order chi connectivity index (χ0) is 12.9. The number of halogens is 3. The van der Waals surface area contributed by atoms with E-state index in [9.17, 15) is 18.3 Å². The second-order valence-corrected chi connectivity index (χ2v) is 4.55. The first-order chi connectivity index (χ1) is 7.90. The smallest absolute Gasteiger partial charge is 0.396 e. The zero-order valence-electron chi connectivity index (χ0n) is 9.92. The lowest BCUT2D eigenvalue weighted by atomic mass is 9.78. The van der Waals surface area contributed by atoms with Crippen LogP contribution in [-0.2, 0) is 9.47 Å². The second-order valence-electron chi connectivity index (χ2n) is 4.55. The third-order valence-electron chi connectivity index (χ3n) is 3.37. The molecule has 0 spiro atoms. The van der Waals surface area contributed by atoms with Crippen molar-refractivity contribution < 1.29 is 27.8 Å². The lowest BCUT2D eigenvalue weighted by molar-refractivity contribution is -0.174. The van der Waals surface area contributed by atoms with Gasteiger partial charge in [0.25, 0.3) is 0 Å². The molecule has 1 rings (SSSR count). The molecular formula is C11H19F3O3. The molecule has 0 aromatic carbocycles. The Balaban J connectivity index is 2.21. The van der Waals surface area contributed by atoms with Crippen molar-refractivity contribution in [3.63, 3.8) is 0 Å². The van der Waals surface area contributed by atoms with Gasteiger partial charge in [-0.2, -0.15) is 13.2 Å². The summed E-state index contributed by atoms with van der Waals surface area (Å²) in [6.07, 6.45) is -2.43. The van der Waals surface area contributed by atoms with Crippen molar-refractivity contribution in [2.75, 3.05) is 26.4 Å². The molecule has 0 aliphatic carbocycles. The van der Waals surface area contributed by atoms with Crippen molar-refractivity contribution in [1.29, 1.82) is 0 Å². The average Bonchev–Trinajstić information content (AvgIpc) is 2.59. The number of ether oxygens (including phenoxy) is 2. The molecule has 1 fully saturated rings. The van der Waals surface area contributed by atoms with E-state index in [0.717, 1.165) is 6.42 Å². The topological polar surface area (TPSA) is 38.7 Å². The van der Waals surface area contributed by atoms with Crippen LogP contribution in [0.3, 0.4) is 0 Å². The molecule has 1 N–H and O–H groups in total. The SMILES string of the molecule is CC1OCCC1(CO)CCCOCC(F)(F)F. The van der Waals surface area contributed by atoms with E-state index in [1.807, 2.05) is 6.92 Å². The third-order valence-corrected chi connectivity index (χ3v) is 3.37. The highest BCUT2D eigenvalue weighted by atomic mass is 19.4. The first-order valence-electron chi connectivity index (χ1n) is 5.77. The van der Waals surface area contributed by atoms with E-state index in [0.29, 0.717) is 19.4 Å².